The first-order valence-corrected chi connectivity index (χ1v) is 10.4. The normalized spacial score (nSPS) is 16.7. The fraction of sp³-hybridized carbons (Fsp3) is 0.500. The van der Waals surface area contributed by atoms with Crippen LogP contribution in [0.2, 0.25) is 0 Å². The smallest absolute Gasteiger partial charge is 0.310 e. The van der Waals surface area contributed by atoms with Gasteiger partial charge in [0.05, 0.1) is 12.5 Å². The lowest BCUT2D eigenvalue weighted by molar-refractivity contribution is -0.149. The summed E-state index contributed by atoms with van der Waals surface area (Å²) in [7, 11) is 0. The highest BCUT2D eigenvalue weighted by atomic mass is 127. The lowest BCUT2D eigenvalue weighted by Crippen LogP contribution is -2.48. The Morgan fingerprint density at radius 2 is 2.10 bits per heavy atom. The molecule has 3 rings (SSSR count). The summed E-state index contributed by atoms with van der Waals surface area (Å²) in [4.78, 5) is 23.6. The van der Waals surface area contributed by atoms with E-state index < -0.39 is 0 Å². The van der Waals surface area contributed by atoms with Crippen LogP contribution >= 0.6 is 24.0 Å². The molecule has 30 heavy (non-hydrogen) atoms. The van der Waals surface area contributed by atoms with E-state index in [0.29, 0.717) is 19.7 Å². The summed E-state index contributed by atoms with van der Waals surface area (Å²) in [5.41, 5.74) is 1.23. The molecule has 0 amide bonds. The van der Waals surface area contributed by atoms with Crippen molar-refractivity contribution in [1.29, 1.82) is 0 Å². The predicted molar refractivity (Wildman–Crippen MR) is 129 cm³/mol. The topological polar surface area (TPSA) is 71.8 Å². The third kappa shape index (κ3) is 6.72. The van der Waals surface area contributed by atoms with Crippen LogP contribution in [0.15, 0.2) is 47.7 Å². The Morgan fingerprint density at radius 1 is 1.30 bits per heavy atom. The number of carbonyl (C=O) groups is 1. The molecule has 0 spiro atoms. The number of ether oxygens (including phenoxy) is 1. The van der Waals surface area contributed by atoms with Crippen molar-refractivity contribution in [2.45, 2.75) is 39.8 Å². The molecule has 1 aliphatic rings. The maximum absolute atomic E-state index is 12.2. The first-order valence-electron chi connectivity index (χ1n) is 10.4. The molecule has 1 N–H and O–H groups in total. The van der Waals surface area contributed by atoms with E-state index in [9.17, 15) is 4.79 Å². The summed E-state index contributed by atoms with van der Waals surface area (Å²) < 4.78 is 7.35. The molecule has 0 bridgehead atoms. The van der Waals surface area contributed by atoms with Gasteiger partial charge in [-0.05, 0) is 32.3 Å². The zero-order chi connectivity index (χ0) is 20.5. The average Bonchev–Trinajstić information content (AvgIpc) is 3.19. The van der Waals surface area contributed by atoms with Crippen molar-refractivity contribution in [3.8, 4) is 0 Å². The van der Waals surface area contributed by atoms with Crippen LogP contribution in [-0.2, 0) is 22.6 Å². The van der Waals surface area contributed by atoms with Crippen molar-refractivity contribution in [2.24, 2.45) is 10.9 Å². The molecular formula is C22H32IN5O2. The molecular weight excluding hydrogens is 493 g/mol. The molecule has 0 radical (unpaired) electrons. The van der Waals surface area contributed by atoms with E-state index in [2.05, 4.69) is 38.8 Å². The number of esters is 1. The summed E-state index contributed by atoms with van der Waals surface area (Å²) >= 11 is 0. The summed E-state index contributed by atoms with van der Waals surface area (Å²) in [6.07, 6.45) is 5.63. The highest BCUT2D eigenvalue weighted by molar-refractivity contribution is 14.0. The van der Waals surface area contributed by atoms with Gasteiger partial charge in [-0.1, -0.05) is 30.3 Å². The lowest BCUT2D eigenvalue weighted by atomic mass is 9.98. The summed E-state index contributed by atoms with van der Waals surface area (Å²) in [6.45, 7) is 7.90. The fourth-order valence-electron chi connectivity index (χ4n) is 3.61. The number of halogens is 1. The highest BCUT2D eigenvalue weighted by Gasteiger charge is 2.28. The minimum atomic E-state index is -0.105. The second-order valence-electron chi connectivity index (χ2n) is 7.16. The molecule has 1 aromatic heterocycles. The molecule has 0 aliphatic carbocycles. The number of aliphatic imine (C=N–C) groups is 1. The lowest BCUT2D eigenvalue weighted by Gasteiger charge is -2.34. The third-order valence-electron chi connectivity index (χ3n) is 5.04. The van der Waals surface area contributed by atoms with E-state index in [1.807, 2.05) is 37.5 Å². The third-order valence-corrected chi connectivity index (χ3v) is 5.04. The van der Waals surface area contributed by atoms with Crippen molar-refractivity contribution in [1.82, 2.24) is 19.8 Å². The molecule has 7 nitrogen and oxygen atoms in total. The molecule has 1 aliphatic heterocycles. The molecule has 0 saturated carbocycles. The second-order valence-corrected chi connectivity index (χ2v) is 7.16. The molecule has 164 valence electrons. The van der Waals surface area contributed by atoms with Crippen LogP contribution < -0.4 is 5.32 Å². The number of likely N-dealkylation sites (tertiary alicyclic amines) is 1. The fourth-order valence-corrected chi connectivity index (χ4v) is 3.61. The number of imidazole rings is 1. The number of hydrogen-bond donors (Lipinski definition) is 1. The zero-order valence-corrected chi connectivity index (χ0v) is 20.1. The number of piperidine rings is 1. The molecule has 1 unspecified atom stereocenters. The average molecular weight is 525 g/mol. The van der Waals surface area contributed by atoms with E-state index in [1.165, 1.54) is 5.56 Å². The number of carbonyl (C=O) groups excluding carboxylic acids is 1. The number of rotatable bonds is 7. The monoisotopic (exact) mass is 525 g/mol. The largest absolute Gasteiger partial charge is 0.466 e. The summed E-state index contributed by atoms with van der Waals surface area (Å²) in [5, 5.41) is 3.36. The molecule has 2 aromatic rings. The van der Waals surface area contributed by atoms with Gasteiger partial charge < -0.3 is 19.5 Å². The maximum atomic E-state index is 12.2. The molecule has 1 atom stereocenters. The van der Waals surface area contributed by atoms with Gasteiger partial charge in [0.1, 0.15) is 12.4 Å². The standard InChI is InChI=1S/C22H31N5O2.HI/c1-3-23-22(27-13-8-11-19(17-27)21(28)29-4-2)25-15-20-24-12-14-26(20)16-18-9-6-5-7-10-18;/h5-7,9-10,12,14,19H,3-4,8,11,13,15-17H2,1-2H3,(H,23,25);1H. The number of benzene rings is 1. The Labute approximate surface area is 195 Å². The Balaban J connectivity index is 0.00000320. The van der Waals surface area contributed by atoms with Crippen LogP contribution in [0.4, 0.5) is 0 Å². The molecule has 8 heteroatoms. The van der Waals surface area contributed by atoms with E-state index >= 15 is 0 Å². The Bertz CT molecular complexity index is 809. The minimum Gasteiger partial charge on any atom is -0.466 e. The first kappa shape index (κ1) is 24.2. The van der Waals surface area contributed by atoms with Crippen LogP contribution in [-0.4, -0.2) is 52.6 Å². The van der Waals surface area contributed by atoms with E-state index in [0.717, 1.165) is 44.3 Å². The van der Waals surface area contributed by atoms with Gasteiger partial charge in [-0.25, -0.2) is 9.98 Å². The summed E-state index contributed by atoms with van der Waals surface area (Å²) in [6, 6.07) is 10.3. The van der Waals surface area contributed by atoms with Crippen molar-refractivity contribution in [3.63, 3.8) is 0 Å². The van der Waals surface area contributed by atoms with Crippen molar-refractivity contribution in [3.05, 3.63) is 54.1 Å². The van der Waals surface area contributed by atoms with Crippen molar-refractivity contribution < 1.29 is 9.53 Å². The van der Waals surface area contributed by atoms with Crippen molar-refractivity contribution in [2.75, 3.05) is 26.2 Å². The minimum absolute atomic E-state index is 0. The molecule has 2 heterocycles. The van der Waals surface area contributed by atoms with Crippen LogP contribution in [0.5, 0.6) is 0 Å². The predicted octanol–water partition coefficient (Wildman–Crippen LogP) is 3.29. The number of nitrogens with zero attached hydrogens (tertiary/aromatic N) is 4. The maximum Gasteiger partial charge on any atom is 0.310 e. The van der Waals surface area contributed by atoms with E-state index in [1.54, 1.807) is 0 Å². The second kappa shape index (κ2) is 12.6. The molecule has 1 saturated heterocycles. The van der Waals surface area contributed by atoms with Crippen LogP contribution in [0.25, 0.3) is 0 Å². The van der Waals surface area contributed by atoms with E-state index in [-0.39, 0.29) is 35.9 Å². The Kier molecular flexibility index (Phi) is 10.1. The molecule has 1 fully saturated rings. The highest BCUT2D eigenvalue weighted by Crippen LogP contribution is 2.18. The Hall–Kier alpha value is -2.10. The van der Waals surface area contributed by atoms with Gasteiger partial charge in [-0.15, -0.1) is 24.0 Å². The first-order chi connectivity index (χ1) is 14.2. The quantitative estimate of drug-likeness (QED) is 0.260. The van der Waals surface area contributed by atoms with E-state index in [4.69, 9.17) is 9.73 Å². The SMILES string of the molecule is CCNC(=NCc1nccn1Cc1ccccc1)N1CCCC(C(=O)OCC)C1.I. The number of nitrogens with one attached hydrogen (secondary N) is 1. The van der Waals surface area contributed by atoms with Gasteiger partial charge in [0.15, 0.2) is 5.96 Å². The Morgan fingerprint density at radius 3 is 2.83 bits per heavy atom. The molecule has 1 aromatic carbocycles. The van der Waals surface area contributed by atoms with Gasteiger partial charge >= 0.3 is 5.97 Å². The van der Waals surface area contributed by atoms with Gasteiger partial charge in [0.2, 0.25) is 0 Å². The number of hydrogen-bond acceptors (Lipinski definition) is 4. The van der Waals surface area contributed by atoms with Crippen LogP contribution in [0.3, 0.4) is 0 Å². The van der Waals surface area contributed by atoms with Gasteiger partial charge in [-0.2, -0.15) is 0 Å². The summed E-state index contributed by atoms with van der Waals surface area (Å²) in [5.74, 6) is 1.55. The van der Waals surface area contributed by atoms with Gasteiger partial charge in [-0.3, -0.25) is 4.79 Å². The van der Waals surface area contributed by atoms with Gasteiger partial charge in [0, 0.05) is 38.6 Å². The number of aromatic nitrogens is 2. The van der Waals surface area contributed by atoms with Gasteiger partial charge in [0.25, 0.3) is 0 Å². The van der Waals surface area contributed by atoms with Crippen molar-refractivity contribution >= 4 is 35.9 Å². The number of guanidine groups is 1. The van der Waals surface area contributed by atoms with Crippen LogP contribution in [0, 0.1) is 5.92 Å². The zero-order valence-electron chi connectivity index (χ0n) is 17.8. The van der Waals surface area contributed by atoms with Crippen LogP contribution in [0.1, 0.15) is 38.1 Å².